The number of halogens is 1. The zero-order valence-electron chi connectivity index (χ0n) is 14.2. The number of oxime groups is 1. The van der Waals surface area contributed by atoms with E-state index in [1.54, 1.807) is 26.0 Å². The Morgan fingerprint density at radius 3 is 2.40 bits per heavy atom. The highest BCUT2D eigenvalue weighted by Gasteiger charge is 2.35. The van der Waals surface area contributed by atoms with Crippen LogP contribution in [0.25, 0.3) is 5.83 Å². The van der Waals surface area contributed by atoms with Gasteiger partial charge in [-0.15, -0.1) is 0 Å². The predicted octanol–water partition coefficient (Wildman–Crippen LogP) is 2.96. The maximum atomic E-state index is 14.3. The minimum atomic E-state index is -1.40. The molecule has 0 fully saturated rings. The molecule has 0 bridgehead atoms. The third-order valence-corrected chi connectivity index (χ3v) is 3.64. The van der Waals surface area contributed by atoms with Gasteiger partial charge in [0.2, 0.25) is 0 Å². The molecule has 1 aromatic carbocycles. The van der Waals surface area contributed by atoms with Gasteiger partial charge in [-0.1, -0.05) is 29.9 Å². The van der Waals surface area contributed by atoms with E-state index in [0.29, 0.717) is 24.3 Å². The molecule has 6 nitrogen and oxygen atoms in total. The second kappa shape index (κ2) is 8.41. The Hall–Kier alpha value is -2.70. The fraction of sp³-hybridized carbons (Fsp3) is 0.389. The summed E-state index contributed by atoms with van der Waals surface area (Å²) < 4.78 is 24.2. The molecule has 0 aromatic heterocycles. The van der Waals surface area contributed by atoms with Crippen LogP contribution in [0, 0.1) is 0 Å². The van der Waals surface area contributed by atoms with Crippen molar-refractivity contribution in [2.75, 3.05) is 19.8 Å². The Morgan fingerprint density at radius 1 is 1.28 bits per heavy atom. The van der Waals surface area contributed by atoms with Crippen LogP contribution < -0.4 is 0 Å². The van der Waals surface area contributed by atoms with E-state index in [4.69, 9.17) is 14.3 Å². The molecule has 1 aliphatic heterocycles. The van der Waals surface area contributed by atoms with Gasteiger partial charge in [0.05, 0.1) is 18.9 Å². The van der Waals surface area contributed by atoms with Crippen molar-refractivity contribution in [3.05, 3.63) is 41.5 Å². The van der Waals surface area contributed by atoms with E-state index in [1.807, 2.05) is 0 Å². The van der Waals surface area contributed by atoms with Crippen LogP contribution in [-0.2, 0) is 23.9 Å². The Morgan fingerprint density at radius 2 is 1.92 bits per heavy atom. The van der Waals surface area contributed by atoms with Crippen LogP contribution in [0.1, 0.15) is 42.9 Å². The fourth-order valence-electron chi connectivity index (χ4n) is 2.65. The van der Waals surface area contributed by atoms with Crippen LogP contribution in [0.4, 0.5) is 4.39 Å². The van der Waals surface area contributed by atoms with E-state index < -0.39 is 23.7 Å². The lowest BCUT2D eigenvalue weighted by atomic mass is 9.88. The van der Waals surface area contributed by atoms with Crippen LogP contribution in [0.2, 0.25) is 0 Å². The molecule has 1 aromatic rings. The largest absolute Gasteiger partial charge is 0.465 e. The van der Waals surface area contributed by atoms with E-state index in [0.717, 1.165) is 0 Å². The summed E-state index contributed by atoms with van der Waals surface area (Å²) in [4.78, 5) is 29.6. The van der Waals surface area contributed by atoms with E-state index in [-0.39, 0.29) is 24.3 Å². The summed E-state index contributed by atoms with van der Waals surface area (Å²) in [5.41, 5.74) is 1.14. The maximum Gasteiger partial charge on any atom is 0.324 e. The first kappa shape index (κ1) is 18.6. The molecule has 0 unspecified atom stereocenters. The maximum absolute atomic E-state index is 14.3. The highest BCUT2D eigenvalue weighted by atomic mass is 19.1. The summed E-state index contributed by atoms with van der Waals surface area (Å²) in [6.07, 6.45) is 0.493. The molecule has 2 rings (SSSR count). The smallest absolute Gasteiger partial charge is 0.324 e. The van der Waals surface area contributed by atoms with Crippen molar-refractivity contribution in [3.8, 4) is 0 Å². The lowest BCUT2D eigenvalue weighted by Crippen LogP contribution is -2.27. The number of ether oxygens (including phenoxy) is 2. The Labute approximate surface area is 145 Å². The molecule has 0 saturated heterocycles. The molecule has 0 aliphatic carbocycles. The van der Waals surface area contributed by atoms with Crippen LogP contribution in [0.3, 0.4) is 0 Å². The number of esters is 2. The van der Waals surface area contributed by atoms with Gasteiger partial charge in [0, 0.05) is 17.5 Å². The summed E-state index contributed by atoms with van der Waals surface area (Å²) in [6.45, 7) is 7.14. The molecule has 0 N–H and O–H groups in total. The SMILES string of the molecule is C=C(F)c1c(C2=NOCC2)cccc1C(C(=O)OCC)C(=O)OCC. The van der Waals surface area contributed by atoms with Crippen molar-refractivity contribution in [2.45, 2.75) is 26.2 Å². The summed E-state index contributed by atoms with van der Waals surface area (Å²) >= 11 is 0. The molecule has 0 atom stereocenters. The first-order valence-corrected chi connectivity index (χ1v) is 8.01. The second-order valence-electron chi connectivity index (χ2n) is 5.23. The van der Waals surface area contributed by atoms with Crippen LogP contribution in [-0.4, -0.2) is 37.5 Å². The highest BCUT2D eigenvalue weighted by Crippen LogP contribution is 2.32. The van der Waals surface area contributed by atoms with Crippen molar-refractivity contribution in [1.82, 2.24) is 0 Å². The number of rotatable bonds is 7. The normalized spacial score (nSPS) is 13.2. The Kier molecular flexibility index (Phi) is 6.27. The lowest BCUT2D eigenvalue weighted by Gasteiger charge is -2.19. The van der Waals surface area contributed by atoms with Gasteiger partial charge in [-0.25, -0.2) is 4.39 Å². The molecule has 134 valence electrons. The molecular formula is C18H20FNO5. The summed E-state index contributed by atoms with van der Waals surface area (Å²) in [5.74, 6) is -3.78. The summed E-state index contributed by atoms with van der Waals surface area (Å²) in [5, 5.41) is 3.89. The standard InChI is InChI=1S/C18H20FNO5/c1-4-23-17(21)16(18(22)24-5-2)13-8-6-7-12(15(13)11(3)19)14-9-10-25-20-14/h6-8,16H,3-5,9-10H2,1-2H3. The zero-order chi connectivity index (χ0) is 18.4. The molecule has 1 aliphatic rings. The van der Waals surface area contributed by atoms with Gasteiger partial charge in [0.25, 0.3) is 0 Å². The zero-order valence-corrected chi connectivity index (χ0v) is 14.2. The van der Waals surface area contributed by atoms with Gasteiger partial charge in [0.1, 0.15) is 12.4 Å². The third kappa shape index (κ3) is 4.04. The number of carbonyl (C=O) groups excluding carboxylic acids is 2. The van der Waals surface area contributed by atoms with Gasteiger partial charge < -0.3 is 14.3 Å². The first-order valence-electron chi connectivity index (χ1n) is 8.01. The predicted molar refractivity (Wildman–Crippen MR) is 89.7 cm³/mol. The average Bonchev–Trinajstić information content (AvgIpc) is 3.09. The van der Waals surface area contributed by atoms with Gasteiger partial charge in [-0.05, 0) is 19.4 Å². The summed E-state index contributed by atoms with van der Waals surface area (Å²) in [6, 6.07) is 4.74. The van der Waals surface area contributed by atoms with E-state index >= 15 is 0 Å². The summed E-state index contributed by atoms with van der Waals surface area (Å²) in [7, 11) is 0. The van der Waals surface area contributed by atoms with E-state index in [9.17, 15) is 14.0 Å². The topological polar surface area (TPSA) is 74.2 Å². The molecule has 0 spiro atoms. The van der Waals surface area contributed by atoms with Crippen molar-refractivity contribution in [3.63, 3.8) is 0 Å². The number of benzene rings is 1. The minimum Gasteiger partial charge on any atom is -0.465 e. The second-order valence-corrected chi connectivity index (χ2v) is 5.23. The minimum absolute atomic E-state index is 0.0397. The van der Waals surface area contributed by atoms with Crippen LogP contribution in [0.15, 0.2) is 29.9 Å². The monoisotopic (exact) mass is 349 g/mol. The van der Waals surface area contributed by atoms with Crippen molar-refractivity contribution < 1.29 is 28.3 Å². The molecule has 0 radical (unpaired) electrons. The number of nitrogens with zero attached hydrogens (tertiary/aromatic N) is 1. The van der Waals surface area contributed by atoms with Gasteiger partial charge in [0.15, 0.2) is 5.92 Å². The van der Waals surface area contributed by atoms with Crippen LogP contribution in [0.5, 0.6) is 0 Å². The van der Waals surface area contributed by atoms with Gasteiger partial charge in [-0.3, -0.25) is 9.59 Å². The van der Waals surface area contributed by atoms with Gasteiger partial charge in [-0.2, -0.15) is 0 Å². The quantitative estimate of drug-likeness (QED) is 0.559. The Bertz CT molecular complexity index is 695. The lowest BCUT2D eigenvalue weighted by molar-refractivity contribution is -0.156. The number of carbonyl (C=O) groups is 2. The molecule has 0 amide bonds. The Balaban J connectivity index is 2.59. The van der Waals surface area contributed by atoms with Crippen molar-refractivity contribution in [1.29, 1.82) is 0 Å². The molecule has 25 heavy (non-hydrogen) atoms. The third-order valence-electron chi connectivity index (χ3n) is 3.64. The first-order chi connectivity index (χ1) is 12.0. The van der Waals surface area contributed by atoms with Gasteiger partial charge >= 0.3 is 11.9 Å². The fourth-order valence-corrected chi connectivity index (χ4v) is 2.65. The van der Waals surface area contributed by atoms with E-state index in [1.165, 1.54) is 6.07 Å². The highest BCUT2D eigenvalue weighted by molar-refractivity contribution is 6.07. The molecular weight excluding hydrogens is 329 g/mol. The van der Waals surface area contributed by atoms with Crippen molar-refractivity contribution >= 4 is 23.5 Å². The van der Waals surface area contributed by atoms with E-state index in [2.05, 4.69) is 11.7 Å². The number of hydrogen-bond acceptors (Lipinski definition) is 6. The molecule has 7 heteroatoms. The van der Waals surface area contributed by atoms with Crippen molar-refractivity contribution in [2.24, 2.45) is 5.16 Å². The van der Waals surface area contributed by atoms with Crippen LogP contribution >= 0.6 is 0 Å². The molecule has 0 saturated carbocycles. The molecule has 1 heterocycles. The average molecular weight is 349 g/mol. The number of hydrogen-bond donors (Lipinski definition) is 0.